The molecule has 13 nitrogen and oxygen atoms in total. The lowest BCUT2D eigenvalue weighted by Gasteiger charge is -2.29. The number of nitrogens with one attached hydrogen (secondary N) is 2. The smallest absolute Gasteiger partial charge is 0.336 e. The van der Waals surface area contributed by atoms with Gasteiger partial charge in [0, 0.05) is 11.1 Å². The van der Waals surface area contributed by atoms with Crippen molar-refractivity contribution in [1.29, 1.82) is 0 Å². The van der Waals surface area contributed by atoms with E-state index in [1.54, 1.807) is 35.1 Å². The maximum atomic E-state index is 13.2. The van der Waals surface area contributed by atoms with Crippen LogP contribution in [0.5, 0.6) is 11.8 Å². The maximum absolute atomic E-state index is 13.2. The number of nitrogens with zero attached hydrogens (tertiary/aromatic N) is 4. The summed E-state index contributed by atoms with van der Waals surface area (Å²) in [7, 11) is -2.09. The van der Waals surface area contributed by atoms with E-state index in [2.05, 4.69) is 15.3 Å². The number of hydrogen-bond donors (Lipinski definition) is 2. The second-order valence-corrected chi connectivity index (χ2v) is 8.55. The Morgan fingerprint density at radius 3 is 2.03 bits per heavy atom. The van der Waals surface area contributed by atoms with Crippen LogP contribution in [0.25, 0.3) is 0 Å². The molecule has 0 bridgehead atoms. The first-order chi connectivity index (χ1) is 16.1. The third-order valence-corrected chi connectivity index (χ3v) is 6.09. The molecule has 0 unspecified atom stereocenters. The standard InChI is InChI=1S/C20H22N6O7S/c1-12-13(2)18(28)26(17(12)27)25(11-14-8-6-5-7-9-14)34(30,31)24-20(29)23-19-21-15(32-3)10-16(22-19)33-4/h5-10H,11H2,1-4H3,(H2,21,22,23,24,29). The summed E-state index contributed by atoms with van der Waals surface area (Å²) in [6, 6.07) is 8.37. The Hall–Kier alpha value is -4.04. The van der Waals surface area contributed by atoms with Crippen LogP contribution in [0.4, 0.5) is 10.7 Å². The number of benzene rings is 1. The van der Waals surface area contributed by atoms with Crippen molar-refractivity contribution in [3.8, 4) is 11.8 Å². The van der Waals surface area contributed by atoms with E-state index in [9.17, 15) is 22.8 Å². The molecule has 1 aromatic heterocycles. The molecule has 14 heteroatoms. The summed E-state index contributed by atoms with van der Waals surface area (Å²) in [5.41, 5.74) is 0.663. The summed E-state index contributed by atoms with van der Waals surface area (Å²) in [6.07, 6.45) is 0. The summed E-state index contributed by atoms with van der Waals surface area (Å²) in [6.45, 7) is 2.43. The molecular formula is C20H22N6O7S. The number of amides is 4. The van der Waals surface area contributed by atoms with Gasteiger partial charge in [0.05, 0.1) is 26.8 Å². The van der Waals surface area contributed by atoms with Crippen LogP contribution < -0.4 is 19.5 Å². The molecule has 1 aromatic carbocycles. The number of hydrogen-bond acceptors (Lipinski definition) is 9. The minimum absolute atomic E-state index is 0.0565. The number of rotatable bonds is 8. The van der Waals surface area contributed by atoms with E-state index in [1.165, 1.54) is 34.1 Å². The van der Waals surface area contributed by atoms with E-state index >= 15 is 0 Å². The average molecular weight is 490 g/mol. The number of carbonyl (C=O) groups excluding carboxylic acids is 3. The first kappa shape index (κ1) is 24.6. The number of anilines is 1. The molecule has 0 aliphatic carbocycles. The summed E-state index contributed by atoms with van der Waals surface area (Å²) in [5, 5.41) is 2.64. The molecule has 4 amide bonds. The van der Waals surface area contributed by atoms with Crippen LogP contribution in [0.3, 0.4) is 0 Å². The average Bonchev–Trinajstić information content (AvgIpc) is 2.99. The SMILES string of the molecule is COc1cc(OC)nc(NC(=O)NS(=O)(=O)N(Cc2ccccc2)N2C(=O)C(C)=C(C)C2=O)n1. The first-order valence-electron chi connectivity index (χ1n) is 9.76. The monoisotopic (exact) mass is 490 g/mol. The Bertz CT molecular complexity index is 1220. The van der Waals surface area contributed by atoms with Gasteiger partial charge in [-0.25, -0.2) is 9.52 Å². The topological polar surface area (TPSA) is 160 Å². The third kappa shape index (κ3) is 5.13. The van der Waals surface area contributed by atoms with Gasteiger partial charge in [-0.05, 0) is 19.4 Å². The molecule has 0 spiro atoms. The lowest BCUT2D eigenvalue weighted by molar-refractivity contribution is -0.149. The van der Waals surface area contributed by atoms with E-state index in [4.69, 9.17) is 9.47 Å². The van der Waals surface area contributed by atoms with Gasteiger partial charge in [0.2, 0.25) is 17.7 Å². The highest BCUT2D eigenvalue weighted by molar-refractivity contribution is 7.87. The number of imide groups is 1. The fourth-order valence-electron chi connectivity index (χ4n) is 2.90. The van der Waals surface area contributed by atoms with Crippen molar-refractivity contribution in [2.45, 2.75) is 20.4 Å². The van der Waals surface area contributed by atoms with Crippen molar-refractivity contribution in [2.24, 2.45) is 0 Å². The molecular weight excluding hydrogens is 468 g/mol. The number of aromatic nitrogens is 2. The molecule has 0 radical (unpaired) electrons. The van der Waals surface area contributed by atoms with Crippen molar-refractivity contribution < 1.29 is 32.3 Å². The Labute approximate surface area is 195 Å². The van der Waals surface area contributed by atoms with E-state index in [0.29, 0.717) is 15.0 Å². The zero-order valence-electron chi connectivity index (χ0n) is 18.7. The van der Waals surface area contributed by atoms with Crippen LogP contribution in [-0.2, 0) is 26.3 Å². The summed E-state index contributed by atoms with van der Waals surface area (Å²) in [5.74, 6) is -1.82. The maximum Gasteiger partial charge on any atom is 0.336 e. The van der Waals surface area contributed by atoms with Gasteiger partial charge >= 0.3 is 16.2 Å². The molecule has 0 saturated heterocycles. The highest BCUT2D eigenvalue weighted by Crippen LogP contribution is 2.25. The molecule has 3 rings (SSSR count). The fraction of sp³-hybridized carbons (Fsp3) is 0.250. The van der Waals surface area contributed by atoms with Crippen LogP contribution in [0.2, 0.25) is 0 Å². The van der Waals surface area contributed by atoms with Gasteiger partial charge in [-0.2, -0.15) is 23.4 Å². The molecule has 1 aliphatic heterocycles. The Morgan fingerprint density at radius 2 is 1.53 bits per heavy atom. The molecule has 34 heavy (non-hydrogen) atoms. The first-order valence-corrected chi connectivity index (χ1v) is 11.2. The van der Waals surface area contributed by atoms with Gasteiger partial charge in [-0.15, -0.1) is 0 Å². The summed E-state index contributed by atoms with van der Waals surface area (Å²) in [4.78, 5) is 45.6. The molecule has 2 heterocycles. The number of ether oxygens (including phenoxy) is 2. The largest absolute Gasteiger partial charge is 0.481 e. The van der Waals surface area contributed by atoms with Gasteiger partial charge in [-0.3, -0.25) is 14.9 Å². The Kier molecular flexibility index (Phi) is 7.12. The van der Waals surface area contributed by atoms with Gasteiger partial charge in [0.1, 0.15) is 0 Å². The van der Waals surface area contributed by atoms with Crippen LogP contribution in [0.1, 0.15) is 19.4 Å². The highest BCUT2D eigenvalue weighted by Gasteiger charge is 2.43. The number of hydrazine groups is 1. The molecule has 0 atom stereocenters. The van der Waals surface area contributed by atoms with Crippen LogP contribution >= 0.6 is 0 Å². The van der Waals surface area contributed by atoms with Crippen molar-refractivity contribution in [3.05, 3.63) is 53.1 Å². The van der Waals surface area contributed by atoms with Crippen LogP contribution in [0.15, 0.2) is 47.5 Å². The van der Waals surface area contributed by atoms with Crippen molar-refractivity contribution in [1.82, 2.24) is 24.1 Å². The highest BCUT2D eigenvalue weighted by atomic mass is 32.2. The number of urea groups is 1. The van der Waals surface area contributed by atoms with Gasteiger partial charge < -0.3 is 9.47 Å². The zero-order valence-corrected chi connectivity index (χ0v) is 19.5. The minimum Gasteiger partial charge on any atom is -0.481 e. The van der Waals surface area contributed by atoms with Crippen LogP contribution in [-0.4, -0.2) is 59.9 Å². The van der Waals surface area contributed by atoms with Crippen LogP contribution in [0, 0.1) is 0 Å². The van der Waals surface area contributed by atoms with Crippen molar-refractivity contribution in [3.63, 3.8) is 0 Å². The Balaban J connectivity index is 1.89. The van der Waals surface area contributed by atoms with E-state index < -0.39 is 34.6 Å². The number of carbonyl (C=O) groups is 3. The zero-order chi connectivity index (χ0) is 25.0. The minimum atomic E-state index is -4.76. The normalized spacial score (nSPS) is 14.0. The molecule has 1 aliphatic rings. The second kappa shape index (κ2) is 9.84. The predicted octanol–water partition coefficient (Wildman–Crippen LogP) is 0.982. The molecule has 2 N–H and O–H groups in total. The van der Waals surface area contributed by atoms with Crippen molar-refractivity contribution in [2.75, 3.05) is 19.5 Å². The Morgan fingerprint density at radius 1 is 1.00 bits per heavy atom. The molecule has 0 saturated carbocycles. The van der Waals surface area contributed by atoms with Gasteiger partial charge in [0.25, 0.3) is 11.8 Å². The predicted molar refractivity (Wildman–Crippen MR) is 118 cm³/mol. The molecule has 2 aromatic rings. The van der Waals surface area contributed by atoms with E-state index in [-0.39, 0.29) is 28.9 Å². The lowest BCUT2D eigenvalue weighted by atomic mass is 10.2. The van der Waals surface area contributed by atoms with Crippen molar-refractivity contribution >= 4 is 34.0 Å². The van der Waals surface area contributed by atoms with E-state index in [1.807, 2.05) is 0 Å². The lowest BCUT2D eigenvalue weighted by Crippen LogP contribution is -2.55. The molecule has 0 fully saturated rings. The van der Waals surface area contributed by atoms with Gasteiger partial charge in [0.15, 0.2) is 0 Å². The van der Waals surface area contributed by atoms with E-state index in [0.717, 1.165) is 0 Å². The fourth-order valence-corrected chi connectivity index (χ4v) is 3.98. The number of methoxy groups -OCH3 is 2. The summed E-state index contributed by atoms with van der Waals surface area (Å²) >= 11 is 0. The quantitative estimate of drug-likeness (QED) is 0.514. The second-order valence-electron chi connectivity index (χ2n) is 6.98. The third-order valence-electron chi connectivity index (χ3n) is 4.79. The summed E-state index contributed by atoms with van der Waals surface area (Å²) < 4.78 is 38.6. The van der Waals surface area contributed by atoms with Gasteiger partial charge in [-0.1, -0.05) is 34.7 Å². The molecule has 180 valence electrons.